The Labute approximate surface area is 159 Å². The van der Waals surface area contributed by atoms with E-state index in [1.807, 2.05) is 0 Å². The third kappa shape index (κ3) is 3.98. The zero-order valence-electron chi connectivity index (χ0n) is 14.4. The summed E-state index contributed by atoms with van der Waals surface area (Å²) in [5.41, 5.74) is 0. The van der Waals surface area contributed by atoms with Gasteiger partial charge in [0.2, 0.25) is 0 Å². The van der Waals surface area contributed by atoms with Crippen LogP contribution in [0.4, 0.5) is 4.39 Å². The van der Waals surface area contributed by atoms with E-state index in [1.165, 1.54) is 29.5 Å². The minimum Gasteiger partial charge on any atom is -0.451 e. The van der Waals surface area contributed by atoms with Crippen molar-refractivity contribution in [1.82, 2.24) is 4.90 Å². The molecule has 1 atom stereocenters. The van der Waals surface area contributed by atoms with Crippen molar-refractivity contribution in [3.05, 3.63) is 35.0 Å². The molecule has 1 aromatic carbocycles. The highest BCUT2D eigenvalue weighted by Gasteiger charge is 2.42. The monoisotopic (exact) mass is 411 g/mol. The van der Waals surface area contributed by atoms with Crippen LogP contribution in [-0.2, 0) is 19.4 Å². The molecular weight excluding hydrogens is 393 g/mol. The van der Waals surface area contributed by atoms with Crippen LogP contribution in [0, 0.1) is 5.82 Å². The number of benzene rings is 1. The lowest BCUT2D eigenvalue weighted by Crippen LogP contribution is -2.44. The molecule has 9 heteroatoms. The summed E-state index contributed by atoms with van der Waals surface area (Å²) in [5, 5.41) is 0.606. The van der Waals surface area contributed by atoms with Gasteiger partial charge in [0.05, 0.1) is 11.5 Å². The molecule has 1 saturated heterocycles. The largest absolute Gasteiger partial charge is 0.451 e. The van der Waals surface area contributed by atoms with Crippen molar-refractivity contribution in [3.63, 3.8) is 0 Å². The van der Waals surface area contributed by atoms with Crippen LogP contribution in [0.25, 0.3) is 10.1 Å². The summed E-state index contributed by atoms with van der Waals surface area (Å²) in [6, 6.07) is 5.50. The molecule has 0 unspecified atom stereocenters. The molecule has 1 amide bonds. The third-order valence-electron chi connectivity index (χ3n) is 4.84. The Morgan fingerprint density at radius 1 is 1.19 bits per heavy atom. The van der Waals surface area contributed by atoms with Gasteiger partial charge in [-0.2, -0.15) is 0 Å². The summed E-state index contributed by atoms with van der Waals surface area (Å²) in [4.78, 5) is 26.7. The van der Waals surface area contributed by atoms with Gasteiger partial charge in [0.15, 0.2) is 16.4 Å². The molecule has 27 heavy (non-hydrogen) atoms. The lowest BCUT2D eigenvalue weighted by Gasteiger charge is -2.28. The normalized spacial score (nSPS) is 21.3. The van der Waals surface area contributed by atoms with Crippen molar-refractivity contribution in [3.8, 4) is 0 Å². The fourth-order valence-electron chi connectivity index (χ4n) is 3.44. The van der Waals surface area contributed by atoms with Crippen molar-refractivity contribution >= 4 is 43.1 Å². The summed E-state index contributed by atoms with van der Waals surface area (Å²) in [6.07, 6.45) is 2.12. The maximum atomic E-state index is 13.3. The van der Waals surface area contributed by atoms with E-state index in [4.69, 9.17) is 4.74 Å². The Morgan fingerprint density at radius 3 is 2.63 bits per heavy atom. The van der Waals surface area contributed by atoms with E-state index in [2.05, 4.69) is 0 Å². The van der Waals surface area contributed by atoms with Gasteiger partial charge in [-0.15, -0.1) is 11.3 Å². The van der Waals surface area contributed by atoms with Crippen LogP contribution in [0.1, 0.15) is 28.9 Å². The molecule has 2 fully saturated rings. The van der Waals surface area contributed by atoms with Crippen LogP contribution in [0.2, 0.25) is 0 Å². The molecule has 2 aromatic rings. The molecule has 1 aromatic heterocycles. The van der Waals surface area contributed by atoms with Crippen LogP contribution < -0.4 is 0 Å². The molecule has 1 saturated carbocycles. The molecule has 0 bridgehead atoms. The van der Waals surface area contributed by atoms with Crippen LogP contribution in [0.15, 0.2) is 24.3 Å². The third-order valence-corrected chi connectivity index (χ3v) is 7.68. The average molecular weight is 411 g/mol. The second-order valence-corrected chi connectivity index (χ2v) is 10.3. The number of thiophene rings is 1. The Balaban J connectivity index is 1.41. The van der Waals surface area contributed by atoms with Crippen LogP contribution in [0.3, 0.4) is 0 Å². The first-order valence-corrected chi connectivity index (χ1v) is 11.3. The maximum Gasteiger partial charge on any atom is 0.348 e. The summed E-state index contributed by atoms with van der Waals surface area (Å²) in [5.74, 6) is -1.32. The number of esters is 1. The summed E-state index contributed by atoms with van der Waals surface area (Å²) < 4.78 is 42.6. The van der Waals surface area contributed by atoms with Gasteiger partial charge in [-0.1, -0.05) is 0 Å². The van der Waals surface area contributed by atoms with Crippen LogP contribution >= 0.6 is 11.3 Å². The number of nitrogens with zero attached hydrogens (tertiary/aromatic N) is 1. The Hall–Kier alpha value is -2.00. The smallest absolute Gasteiger partial charge is 0.348 e. The number of rotatable bonds is 5. The van der Waals surface area contributed by atoms with E-state index in [9.17, 15) is 22.4 Å². The zero-order valence-corrected chi connectivity index (χ0v) is 16.0. The average Bonchev–Trinajstić information content (AvgIpc) is 3.24. The first kappa shape index (κ1) is 18.4. The van der Waals surface area contributed by atoms with E-state index in [-0.39, 0.29) is 35.3 Å². The van der Waals surface area contributed by atoms with E-state index >= 15 is 0 Å². The number of ether oxygens (including phenoxy) is 1. The van der Waals surface area contributed by atoms with Gasteiger partial charge in [-0.05, 0) is 48.9 Å². The number of carbonyl (C=O) groups is 2. The highest BCUT2D eigenvalue weighted by atomic mass is 32.2. The SMILES string of the molecule is O=C(OCC(=O)N(C1CC1)[C@@H]1CCS(=O)(=O)C1)c1cc2cc(F)ccc2s1. The predicted octanol–water partition coefficient (Wildman–Crippen LogP) is 2.38. The lowest BCUT2D eigenvalue weighted by atomic mass is 10.2. The molecule has 4 rings (SSSR count). The zero-order chi connectivity index (χ0) is 19.2. The minimum absolute atomic E-state index is 0.0228. The van der Waals surface area contributed by atoms with Gasteiger partial charge in [-0.25, -0.2) is 17.6 Å². The summed E-state index contributed by atoms with van der Waals surface area (Å²) in [7, 11) is -3.10. The maximum absolute atomic E-state index is 13.3. The van der Waals surface area contributed by atoms with E-state index < -0.39 is 22.4 Å². The second kappa shape index (κ2) is 6.87. The molecule has 0 radical (unpaired) electrons. The van der Waals surface area contributed by atoms with Crippen molar-refractivity contribution in [1.29, 1.82) is 0 Å². The molecule has 2 heterocycles. The second-order valence-electron chi connectivity index (χ2n) is 6.96. The van der Waals surface area contributed by atoms with Gasteiger partial charge < -0.3 is 9.64 Å². The number of hydrogen-bond acceptors (Lipinski definition) is 6. The molecule has 144 valence electrons. The lowest BCUT2D eigenvalue weighted by molar-refractivity contribution is -0.137. The van der Waals surface area contributed by atoms with Gasteiger partial charge in [-0.3, -0.25) is 4.79 Å². The Bertz CT molecular complexity index is 1010. The molecule has 6 nitrogen and oxygen atoms in total. The quantitative estimate of drug-likeness (QED) is 0.706. The molecule has 1 aliphatic heterocycles. The van der Waals surface area contributed by atoms with Crippen molar-refractivity contribution in [2.24, 2.45) is 0 Å². The number of amides is 1. The van der Waals surface area contributed by atoms with Crippen LogP contribution in [0.5, 0.6) is 0 Å². The topological polar surface area (TPSA) is 80.8 Å². The van der Waals surface area contributed by atoms with E-state index in [1.54, 1.807) is 11.0 Å². The standard InChI is InChI=1S/C18H18FNO5S2/c19-12-1-4-15-11(7-12)8-16(26-15)18(22)25-9-17(21)20(13-2-3-13)14-5-6-27(23,24)10-14/h1,4,7-8,13-14H,2-3,5-6,9-10H2/t14-/m1/s1. The number of hydrogen-bond donors (Lipinski definition) is 0. The van der Waals surface area contributed by atoms with Crippen molar-refractivity contribution < 1.29 is 27.1 Å². The van der Waals surface area contributed by atoms with Gasteiger partial charge >= 0.3 is 5.97 Å². The molecular formula is C18H18FNO5S2. The van der Waals surface area contributed by atoms with Crippen LogP contribution in [-0.4, -0.2) is 55.4 Å². The fraction of sp³-hybridized carbons (Fsp3) is 0.444. The first-order valence-electron chi connectivity index (χ1n) is 8.70. The molecule has 0 N–H and O–H groups in total. The van der Waals surface area contributed by atoms with E-state index in [0.717, 1.165) is 17.5 Å². The fourth-order valence-corrected chi connectivity index (χ4v) is 6.09. The van der Waals surface area contributed by atoms with Crippen molar-refractivity contribution in [2.75, 3.05) is 18.1 Å². The number of sulfone groups is 1. The van der Waals surface area contributed by atoms with Gasteiger partial charge in [0.1, 0.15) is 10.7 Å². The van der Waals surface area contributed by atoms with E-state index in [0.29, 0.717) is 16.7 Å². The first-order chi connectivity index (χ1) is 12.8. The minimum atomic E-state index is -3.10. The van der Waals surface area contributed by atoms with Crippen molar-refractivity contribution in [2.45, 2.75) is 31.3 Å². The Kier molecular flexibility index (Phi) is 4.67. The van der Waals surface area contributed by atoms with Gasteiger partial charge in [0.25, 0.3) is 5.91 Å². The molecule has 2 aliphatic rings. The van der Waals surface area contributed by atoms with Gasteiger partial charge in [0, 0.05) is 16.8 Å². The number of halogens is 1. The summed E-state index contributed by atoms with van der Waals surface area (Å²) in [6.45, 7) is -0.422. The highest BCUT2D eigenvalue weighted by Crippen LogP contribution is 2.32. The number of carbonyl (C=O) groups excluding carboxylic acids is 2. The molecule has 0 spiro atoms. The molecule has 1 aliphatic carbocycles. The highest BCUT2D eigenvalue weighted by molar-refractivity contribution is 7.91. The Morgan fingerprint density at radius 2 is 1.96 bits per heavy atom. The summed E-state index contributed by atoms with van der Waals surface area (Å²) >= 11 is 1.17. The predicted molar refractivity (Wildman–Crippen MR) is 99.0 cm³/mol. The number of fused-ring (bicyclic) bond motifs is 1.